The summed E-state index contributed by atoms with van der Waals surface area (Å²) >= 11 is 15.8. The molecule has 0 fully saturated rings. The van der Waals surface area contributed by atoms with E-state index in [1.54, 1.807) is 12.1 Å². The zero-order valence-corrected chi connectivity index (χ0v) is 18.1. The molecular formula is C22H15BrCl2N2O2. The van der Waals surface area contributed by atoms with Gasteiger partial charge in [0.2, 0.25) is 5.91 Å². The van der Waals surface area contributed by atoms with Crippen LogP contribution in [-0.2, 0) is 4.79 Å². The van der Waals surface area contributed by atoms with E-state index in [0.29, 0.717) is 16.3 Å². The Morgan fingerprint density at radius 2 is 1.79 bits per heavy atom. The van der Waals surface area contributed by atoms with E-state index in [1.165, 1.54) is 11.0 Å². The summed E-state index contributed by atoms with van der Waals surface area (Å²) in [6, 6.07) is 19.5. The highest BCUT2D eigenvalue weighted by Crippen LogP contribution is 2.38. The molecule has 0 bridgehead atoms. The minimum Gasteiger partial charge on any atom is -0.324 e. The summed E-state index contributed by atoms with van der Waals surface area (Å²) in [5.74, 6) is -0.617. The molecule has 0 aromatic heterocycles. The predicted molar refractivity (Wildman–Crippen MR) is 119 cm³/mol. The number of rotatable bonds is 2. The van der Waals surface area contributed by atoms with Gasteiger partial charge < -0.3 is 10.2 Å². The first-order valence-corrected chi connectivity index (χ1v) is 10.4. The van der Waals surface area contributed by atoms with E-state index in [9.17, 15) is 9.59 Å². The van der Waals surface area contributed by atoms with Crippen molar-refractivity contribution in [3.05, 3.63) is 97.9 Å². The van der Waals surface area contributed by atoms with E-state index in [1.807, 2.05) is 48.5 Å². The lowest BCUT2D eigenvalue weighted by atomic mass is 9.95. The first-order chi connectivity index (χ1) is 13.9. The molecule has 1 heterocycles. The minimum absolute atomic E-state index is 0.107. The van der Waals surface area contributed by atoms with Crippen LogP contribution in [0.4, 0.5) is 5.69 Å². The van der Waals surface area contributed by atoms with Gasteiger partial charge in [-0.05, 0) is 42.0 Å². The lowest BCUT2D eigenvalue weighted by molar-refractivity contribution is -0.117. The molecule has 0 radical (unpaired) electrons. The Balaban J connectivity index is 1.90. The fourth-order valence-corrected chi connectivity index (χ4v) is 4.35. The van der Waals surface area contributed by atoms with Gasteiger partial charge in [0.25, 0.3) is 5.91 Å². The van der Waals surface area contributed by atoms with Gasteiger partial charge >= 0.3 is 0 Å². The molecule has 4 nitrogen and oxygen atoms in total. The molecule has 0 unspecified atom stereocenters. The summed E-state index contributed by atoms with van der Waals surface area (Å²) in [6.07, 6.45) is 0. The van der Waals surface area contributed by atoms with Crippen LogP contribution in [0.25, 0.3) is 0 Å². The summed E-state index contributed by atoms with van der Waals surface area (Å²) in [5.41, 5.74) is 2.67. The van der Waals surface area contributed by atoms with Crippen molar-refractivity contribution in [2.24, 2.45) is 0 Å². The van der Waals surface area contributed by atoms with Crippen LogP contribution in [0.2, 0.25) is 10.0 Å². The van der Waals surface area contributed by atoms with Crippen molar-refractivity contribution in [3.8, 4) is 0 Å². The Hall–Kier alpha value is -2.34. The first kappa shape index (κ1) is 20.0. The smallest absolute Gasteiger partial charge is 0.256 e. The SMILES string of the molecule is O=C1CN(C(=O)c2ccc(Cl)cc2Cl)[C@H](c2ccccc2)c2cc(Br)ccc2N1. The van der Waals surface area contributed by atoms with Crippen LogP contribution in [0.15, 0.2) is 71.2 Å². The summed E-state index contributed by atoms with van der Waals surface area (Å²) in [5, 5.41) is 3.58. The fraction of sp³-hybridized carbons (Fsp3) is 0.0909. The molecule has 29 heavy (non-hydrogen) atoms. The number of hydrogen-bond acceptors (Lipinski definition) is 2. The van der Waals surface area contributed by atoms with E-state index >= 15 is 0 Å². The number of fused-ring (bicyclic) bond motifs is 1. The van der Waals surface area contributed by atoms with Gasteiger partial charge in [0.1, 0.15) is 6.54 Å². The molecule has 0 aliphatic carbocycles. The summed E-state index contributed by atoms with van der Waals surface area (Å²) < 4.78 is 0.852. The second kappa shape index (κ2) is 8.19. The minimum atomic E-state index is -0.470. The first-order valence-electron chi connectivity index (χ1n) is 8.84. The number of anilines is 1. The molecule has 2 amide bonds. The lowest BCUT2D eigenvalue weighted by Gasteiger charge is -2.31. The number of hydrogen-bond donors (Lipinski definition) is 1. The molecule has 7 heteroatoms. The van der Waals surface area contributed by atoms with Gasteiger partial charge in [0.05, 0.1) is 16.6 Å². The van der Waals surface area contributed by atoms with Crippen molar-refractivity contribution in [2.45, 2.75) is 6.04 Å². The van der Waals surface area contributed by atoms with Crippen LogP contribution in [0.1, 0.15) is 27.5 Å². The Labute approximate surface area is 186 Å². The van der Waals surface area contributed by atoms with E-state index in [4.69, 9.17) is 23.2 Å². The van der Waals surface area contributed by atoms with Crippen molar-refractivity contribution in [1.29, 1.82) is 0 Å². The third kappa shape index (κ3) is 4.04. The third-order valence-corrected chi connectivity index (χ3v) is 5.79. The fourth-order valence-electron chi connectivity index (χ4n) is 3.48. The van der Waals surface area contributed by atoms with Crippen molar-refractivity contribution in [2.75, 3.05) is 11.9 Å². The number of nitrogens with zero attached hydrogens (tertiary/aromatic N) is 1. The maximum Gasteiger partial charge on any atom is 0.256 e. The topological polar surface area (TPSA) is 49.4 Å². The molecule has 146 valence electrons. The van der Waals surface area contributed by atoms with Crippen LogP contribution in [0, 0.1) is 0 Å². The van der Waals surface area contributed by atoms with Crippen molar-refractivity contribution < 1.29 is 9.59 Å². The molecule has 0 saturated heterocycles. The second-order valence-corrected chi connectivity index (χ2v) is 8.41. The Morgan fingerprint density at radius 3 is 2.52 bits per heavy atom. The van der Waals surface area contributed by atoms with Gasteiger partial charge in [-0.1, -0.05) is 69.5 Å². The molecule has 0 saturated carbocycles. The molecule has 4 rings (SSSR count). The van der Waals surface area contributed by atoms with Crippen LogP contribution < -0.4 is 5.32 Å². The van der Waals surface area contributed by atoms with Crippen LogP contribution in [0.5, 0.6) is 0 Å². The maximum absolute atomic E-state index is 13.5. The molecule has 1 aliphatic rings. The molecule has 1 atom stereocenters. The van der Waals surface area contributed by atoms with Gasteiger partial charge in [-0.15, -0.1) is 0 Å². The maximum atomic E-state index is 13.5. The van der Waals surface area contributed by atoms with Crippen molar-refractivity contribution in [1.82, 2.24) is 4.90 Å². The number of amides is 2. The number of benzene rings is 3. The predicted octanol–water partition coefficient (Wildman–Crippen LogP) is 5.94. The van der Waals surface area contributed by atoms with Crippen molar-refractivity contribution in [3.63, 3.8) is 0 Å². The third-order valence-electron chi connectivity index (χ3n) is 4.75. The summed E-state index contributed by atoms with van der Waals surface area (Å²) in [7, 11) is 0. The van der Waals surface area contributed by atoms with Crippen LogP contribution in [0.3, 0.4) is 0 Å². The molecule has 1 N–H and O–H groups in total. The molecule has 3 aromatic rings. The zero-order valence-electron chi connectivity index (χ0n) is 15.0. The highest BCUT2D eigenvalue weighted by molar-refractivity contribution is 9.10. The lowest BCUT2D eigenvalue weighted by Crippen LogP contribution is -2.39. The number of carbonyl (C=O) groups excluding carboxylic acids is 2. The van der Waals surface area contributed by atoms with Crippen LogP contribution >= 0.6 is 39.1 Å². The van der Waals surface area contributed by atoms with E-state index < -0.39 is 6.04 Å². The van der Waals surface area contributed by atoms with E-state index in [0.717, 1.165) is 15.6 Å². The normalized spacial score (nSPS) is 16.0. The van der Waals surface area contributed by atoms with E-state index in [-0.39, 0.29) is 23.4 Å². The van der Waals surface area contributed by atoms with Gasteiger partial charge in [0, 0.05) is 20.7 Å². The Morgan fingerprint density at radius 1 is 1.03 bits per heavy atom. The highest BCUT2D eigenvalue weighted by atomic mass is 79.9. The van der Waals surface area contributed by atoms with Gasteiger partial charge in [-0.3, -0.25) is 9.59 Å². The zero-order chi connectivity index (χ0) is 20.5. The molecule has 3 aromatic carbocycles. The Bertz CT molecular complexity index is 1110. The quantitative estimate of drug-likeness (QED) is 0.484. The monoisotopic (exact) mass is 488 g/mol. The summed E-state index contributed by atoms with van der Waals surface area (Å²) in [6.45, 7) is -0.107. The standard InChI is InChI=1S/C22H15BrCl2N2O2/c23-14-6-9-19-17(10-14)21(13-4-2-1-3-5-13)27(12-20(28)26-19)22(29)16-8-7-15(24)11-18(16)25/h1-11,21H,12H2,(H,26,28)/t21-/m1/s1. The Kier molecular flexibility index (Phi) is 5.63. The molecule has 1 aliphatic heterocycles. The largest absolute Gasteiger partial charge is 0.324 e. The number of nitrogens with one attached hydrogen (secondary N) is 1. The highest BCUT2D eigenvalue weighted by Gasteiger charge is 2.34. The van der Waals surface area contributed by atoms with E-state index in [2.05, 4.69) is 21.2 Å². The number of carbonyl (C=O) groups is 2. The summed E-state index contributed by atoms with van der Waals surface area (Å²) in [4.78, 5) is 27.7. The van der Waals surface area contributed by atoms with Crippen molar-refractivity contribution >= 4 is 56.6 Å². The molecule has 0 spiro atoms. The second-order valence-electron chi connectivity index (χ2n) is 6.65. The van der Waals surface area contributed by atoms with Gasteiger partial charge in [0.15, 0.2) is 0 Å². The average molecular weight is 490 g/mol. The molecular weight excluding hydrogens is 475 g/mol. The number of halogens is 3. The average Bonchev–Trinajstić information content (AvgIpc) is 2.84. The van der Waals surface area contributed by atoms with Crippen LogP contribution in [-0.4, -0.2) is 23.3 Å². The van der Waals surface area contributed by atoms with Gasteiger partial charge in [-0.2, -0.15) is 0 Å². The van der Waals surface area contributed by atoms with Gasteiger partial charge in [-0.25, -0.2) is 0 Å².